The van der Waals surface area contributed by atoms with Gasteiger partial charge in [0.1, 0.15) is 18.2 Å². The van der Waals surface area contributed by atoms with E-state index in [9.17, 15) is 14.0 Å². The largest absolute Gasteiger partial charge is 0.329 e. The van der Waals surface area contributed by atoms with E-state index in [-0.39, 0.29) is 17.5 Å². The molecule has 0 fully saturated rings. The van der Waals surface area contributed by atoms with Gasteiger partial charge >= 0.3 is 0 Å². The topological polar surface area (TPSA) is 67.2 Å². The fourth-order valence-corrected chi connectivity index (χ4v) is 3.62. The van der Waals surface area contributed by atoms with Crippen LogP contribution in [0.3, 0.4) is 0 Å². The quantitative estimate of drug-likeness (QED) is 0.436. The fourth-order valence-electron chi connectivity index (χ4n) is 3.41. The second kappa shape index (κ2) is 10.8. The van der Waals surface area contributed by atoms with Crippen LogP contribution in [0.25, 0.3) is 5.69 Å². The zero-order valence-corrected chi connectivity index (χ0v) is 20.7. The van der Waals surface area contributed by atoms with Crippen LogP contribution in [0, 0.1) is 5.82 Å². The van der Waals surface area contributed by atoms with Crippen molar-refractivity contribution in [1.29, 1.82) is 0 Å². The molecule has 3 aromatic rings. The zero-order valence-electron chi connectivity index (χ0n) is 19.9. The molecule has 180 valence electrons. The number of nitrogens with one attached hydrogen (secondary N) is 1. The molecule has 0 bridgehead atoms. The third-order valence-corrected chi connectivity index (χ3v) is 5.65. The molecule has 0 radical (unpaired) electrons. The highest BCUT2D eigenvalue weighted by molar-refractivity contribution is 6.32. The number of carbonyl (C=O) groups is 2. The fraction of sp³-hybridized carbons (Fsp3) is 0.346. The van der Waals surface area contributed by atoms with E-state index in [1.807, 2.05) is 45.9 Å². The molecule has 1 aromatic heterocycles. The minimum Gasteiger partial charge on any atom is -0.329 e. The summed E-state index contributed by atoms with van der Waals surface area (Å²) in [5.41, 5.74) is 1.08. The van der Waals surface area contributed by atoms with Crippen molar-refractivity contribution < 1.29 is 14.0 Å². The number of nitrogens with zero attached hydrogens (tertiary/aromatic N) is 3. The molecule has 2 amide bonds. The lowest BCUT2D eigenvalue weighted by Crippen LogP contribution is -2.39. The number of halogens is 2. The van der Waals surface area contributed by atoms with Crippen LogP contribution >= 0.6 is 11.6 Å². The molecule has 0 spiro atoms. The smallest absolute Gasteiger partial charge is 0.257 e. The molecule has 3 rings (SSSR count). The van der Waals surface area contributed by atoms with Crippen molar-refractivity contribution in [2.45, 2.75) is 46.0 Å². The minimum atomic E-state index is -0.610. The van der Waals surface area contributed by atoms with Gasteiger partial charge in [0.25, 0.3) is 5.91 Å². The third-order valence-electron chi connectivity index (χ3n) is 5.33. The third kappa shape index (κ3) is 6.03. The number of amides is 2. The molecule has 34 heavy (non-hydrogen) atoms. The van der Waals surface area contributed by atoms with Crippen LogP contribution in [0.1, 0.15) is 56.6 Å². The van der Waals surface area contributed by atoms with E-state index in [0.29, 0.717) is 29.5 Å². The average molecular weight is 485 g/mol. The molecule has 0 saturated carbocycles. The van der Waals surface area contributed by atoms with Crippen LogP contribution < -0.4 is 5.32 Å². The van der Waals surface area contributed by atoms with Gasteiger partial charge in [-0.05, 0) is 30.7 Å². The summed E-state index contributed by atoms with van der Waals surface area (Å²) in [7, 11) is 0. The maximum absolute atomic E-state index is 14.2. The summed E-state index contributed by atoms with van der Waals surface area (Å²) in [6.07, 6.45) is 1.52. The van der Waals surface area contributed by atoms with Gasteiger partial charge in [-0.3, -0.25) is 9.59 Å². The Labute approximate surface area is 204 Å². The lowest BCUT2D eigenvalue weighted by Gasteiger charge is -2.22. The van der Waals surface area contributed by atoms with E-state index in [1.54, 1.807) is 22.9 Å². The highest BCUT2D eigenvalue weighted by Gasteiger charge is 2.24. The van der Waals surface area contributed by atoms with Crippen molar-refractivity contribution in [3.05, 3.63) is 76.7 Å². The summed E-state index contributed by atoms with van der Waals surface area (Å²) in [5, 5.41) is 8.03. The van der Waals surface area contributed by atoms with Crippen LogP contribution in [-0.4, -0.2) is 39.6 Å². The Balaban J connectivity index is 1.88. The van der Waals surface area contributed by atoms with Crippen LogP contribution in [0.5, 0.6) is 0 Å². The maximum Gasteiger partial charge on any atom is 0.257 e. The average Bonchev–Trinajstić information content (AvgIpc) is 3.20. The van der Waals surface area contributed by atoms with Crippen molar-refractivity contribution >= 4 is 29.2 Å². The molecule has 8 heteroatoms. The van der Waals surface area contributed by atoms with Gasteiger partial charge in [-0.15, -0.1) is 0 Å². The van der Waals surface area contributed by atoms with Gasteiger partial charge < -0.3 is 10.2 Å². The Hall–Kier alpha value is -3.19. The number of hydrogen-bond acceptors (Lipinski definition) is 3. The van der Waals surface area contributed by atoms with Gasteiger partial charge in [0.2, 0.25) is 5.91 Å². The SMILES string of the molecule is CCCCN(CC(=O)Nc1cc(C(C)(C)C)nn1-c1ccccc1Cl)C(=O)c1ccccc1F. The molecule has 0 unspecified atom stereocenters. The van der Waals surface area contributed by atoms with Crippen LogP contribution in [0.15, 0.2) is 54.6 Å². The first-order chi connectivity index (χ1) is 16.1. The van der Waals surface area contributed by atoms with Crippen LogP contribution in [0.4, 0.5) is 10.2 Å². The van der Waals surface area contributed by atoms with Crippen molar-refractivity contribution in [2.75, 3.05) is 18.4 Å². The van der Waals surface area contributed by atoms with E-state index in [4.69, 9.17) is 11.6 Å². The first-order valence-electron chi connectivity index (χ1n) is 11.3. The van der Waals surface area contributed by atoms with Crippen molar-refractivity contribution in [2.24, 2.45) is 0 Å². The van der Waals surface area contributed by atoms with E-state index >= 15 is 0 Å². The van der Waals surface area contributed by atoms with Crippen molar-refractivity contribution in [3.63, 3.8) is 0 Å². The second-order valence-electron chi connectivity index (χ2n) is 9.14. The van der Waals surface area contributed by atoms with Crippen molar-refractivity contribution in [1.82, 2.24) is 14.7 Å². The molecule has 6 nitrogen and oxygen atoms in total. The summed E-state index contributed by atoms with van der Waals surface area (Å²) in [5.74, 6) is -1.09. The molecular weight excluding hydrogens is 455 g/mol. The van der Waals surface area contributed by atoms with Gasteiger partial charge in [0, 0.05) is 18.0 Å². The minimum absolute atomic E-state index is 0.0532. The number of para-hydroxylation sites is 1. The number of hydrogen-bond donors (Lipinski definition) is 1. The summed E-state index contributed by atoms with van der Waals surface area (Å²) in [4.78, 5) is 27.4. The summed E-state index contributed by atoms with van der Waals surface area (Å²) < 4.78 is 15.8. The predicted octanol–water partition coefficient (Wildman–Crippen LogP) is 5.84. The van der Waals surface area contributed by atoms with Gasteiger partial charge in [0.05, 0.1) is 22.0 Å². The highest BCUT2D eigenvalue weighted by atomic mass is 35.5. The number of rotatable bonds is 8. The lowest BCUT2D eigenvalue weighted by molar-refractivity contribution is -0.117. The first kappa shape index (κ1) is 25.4. The number of aromatic nitrogens is 2. The number of benzene rings is 2. The number of carbonyl (C=O) groups excluding carboxylic acids is 2. The van der Waals surface area contributed by atoms with Gasteiger partial charge in [-0.25, -0.2) is 9.07 Å². The Bertz CT molecular complexity index is 1170. The second-order valence-corrected chi connectivity index (χ2v) is 9.54. The Kier molecular flexibility index (Phi) is 8.10. The predicted molar refractivity (Wildman–Crippen MR) is 133 cm³/mol. The first-order valence-corrected chi connectivity index (χ1v) is 11.7. The molecule has 0 aliphatic carbocycles. The maximum atomic E-state index is 14.2. The zero-order chi connectivity index (χ0) is 24.9. The van der Waals surface area contributed by atoms with E-state index in [1.165, 1.54) is 23.1 Å². The van der Waals surface area contributed by atoms with E-state index < -0.39 is 17.6 Å². The van der Waals surface area contributed by atoms with Crippen LogP contribution in [0.2, 0.25) is 5.02 Å². The van der Waals surface area contributed by atoms with Gasteiger partial charge in [-0.1, -0.05) is 70.0 Å². The molecule has 2 aromatic carbocycles. The molecule has 0 atom stereocenters. The summed E-state index contributed by atoms with van der Waals surface area (Å²) in [6.45, 7) is 8.19. The van der Waals surface area contributed by atoms with E-state index in [2.05, 4.69) is 10.4 Å². The normalized spacial score (nSPS) is 11.4. The molecule has 1 N–H and O–H groups in total. The number of anilines is 1. The molecular formula is C26H30ClFN4O2. The van der Waals surface area contributed by atoms with E-state index in [0.717, 1.165) is 12.1 Å². The highest BCUT2D eigenvalue weighted by Crippen LogP contribution is 2.29. The lowest BCUT2D eigenvalue weighted by atomic mass is 9.92. The Morgan fingerprint density at radius 3 is 2.44 bits per heavy atom. The standard InChI is InChI=1S/C26H30ClFN4O2/c1-5-6-15-31(25(34)18-11-7-9-13-20(18)28)17-24(33)29-23-16-22(26(2,3)4)30-32(23)21-14-10-8-12-19(21)27/h7-14,16H,5-6,15,17H2,1-4H3,(H,29,33). The molecule has 1 heterocycles. The van der Waals surface area contributed by atoms with Crippen LogP contribution in [-0.2, 0) is 10.2 Å². The van der Waals surface area contributed by atoms with Gasteiger partial charge in [-0.2, -0.15) is 5.10 Å². The molecule has 0 saturated heterocycles. The molecule has 0 aliphatic heterocycles. The molecule has 0 aliphatic rings. The van der Waals surface area contributed by atoms with Gasteiger partial charge in [0.15, 0.2) is 0 Å². The Morgan fingerprint density at radius 2 is 1.79 bits per heavy atom. The van der Waals surface area contributed by atoms with Crippen molar-refractivity contribution in [3.8, 4) is 5.69 Å². The monoisotopic (exact) mass is 484 g/mol. The summed E-state index contributed by atoms with van der Waals surface area (Å²) >= 11 is 6.39. The summed E-state index contributed by atoms with van der Waals surface area (Å²) in [6, 6.07) is 14.8. The Morgan fingerprint density at radius 1 is 1.12 bits per heavy atom. The number of unbranched alkanes of at least 4 members (excludes halogenated alkanes) is 1.